The normalized spacial score (nSPS) is 17.7. The van der Waals surface area contributed by atoms with Crippen molar-refractivity contribution in [3.8, 4) is 0 Å². The largest absolute Gasteiger partial charge is 0.373 e. The third-order valence-electron chi connectivity index (χ3n) is 3.74. The van der Waals surface area contributed by atoms with E-state index >= 15 is 0 Å². The van der Waals surface area contributed by atoms with Crippen LogP contribution in [0.5, 0.6) is 0 Å². The Morgan fingerprint density at radius 1 is 1.21 bits per heavy atom. The molecule has 0 bridgehead atoms. The van der Waals surface area contributed by atoms with Gasteiger partial charge in [0.25, 0.3) is 0 Å². The van der Waals surface area contributed by atoms with Crippen LogP contribution in [0.3, 0.4) is 0 Å². The SMILES string of the molecule is [N-]=[N+]=NC[C@@H](OCC1CCCCC1)c1ccccc1. The Hall–Kier alpha value is -1.51. The minimum absolute atomic E-state index is 0.112. The molecule has 1 aromatic carbocycles. The number of azide groups is 1. The summed E-state index contributed by atoms with van der Waals surface area (Å²) in [4.78, 5) is 2.84. The molecule has 1 aliphatic carbocycles. The van der Waals surface area contributed by atoms with E-state index in [1.54, 1.807) is 0 Å². The fourth-order valence-corrected chi connectivity index (χ4v) is 2.64. The third-order valence-corrected chi connectivity index (χ3v) is 3.74. The van der Waals surface area contributed by atoms with Crippen LogP contribution in [0.4, 0.5) is 0 Å². The highest BCUT2D eigenvalue weighted by atomic mass is 16.5. The van der Waals surface area contributed by atoms with E-state index in [4.69, 9.17) is 10.3 Å². The quantitative estimate of drug-likeness (QED) is 0.417. The fraction of sp³-hybridized carbons (Fsp3) is 0.600. The van der Waals surface area contributed by atoms with Crippen LogP contribution in [-0.4, -0.2) is 13.2 Å². The molecule has 0 aromatic heterocycles. The van der Waals surface area contributed by atoms with E-state index in [0.717, 1.165) is 12.2 Å². The maximum Gasteiger partial charge on any atom is 0.0881 e. The van der Waals surface area contributed by atoms with Gasteiger partial charge in [-0.05, 0) is 29.9 Å². The second kappa shape index (κ2) is 7.82. The van der Waals surface area contributed by atoms with Gasteiger partial charge in [-0.15, -0.1) is 0 Å². The second-order valence-corrected chi connectivity index (χ2v) is 5.15. The summed E-state index contributed by atoms with van der Waals surface area (Å²) < 4.78 is 6.00. The number of hydrogen-bond acceptors (Lipinski definition) is 2. The summed E-state index contributed by atoms with van der Waals surface area (Å²) in [6.45, 7) is 1.15. The van der Waals surface area contributed by atoms with Crippen LogP contribution in [0.15, 0.2) is 35.4 Å². The molecule has 1 aromatic rings. The van der Waals surface area contributed by atoms with Crippen molar-refractivity contribution in [2.24, 2.45) is 11.0 Å². The van der Waals surface area contributed by atoms with Crippen LogP contribution in [0.25, 0.3) is 10.4 Å². The molecule has 1 atom stereocenters. The van der Waals surface area contributed by atoms with Crippen molar-refractivity contribution in [2.45, 2.75) is 38.2 Å². The van der Waals surface area contributed by atoms with Crippen LogP contribution >= 0.6 is 0 Å². The maximum absolute atomic E-state index is 8.48. The first kappa shape index (κ1) is 13.9. The van der Waals surface area contributed by atoms with Crippen molar-refractivity contribution in [3.05, 3.63) is 46.3 Å². The number of benzene rings is 1. The van der Waals surface area contributed by atoms with Gasteiger partial charge >= 0.3 is 0 Å². The molecule has 0 saturated heterocycles. The van der Waals surface area contributed by atoms with Crippen molar-refractivity contribution >= 4 is 0 Å². The number of nitrogens with zero attached hydrogens (tertiary/aromatic N) is 3. The van der Waals surface area contributed by atoms with Gasteiger partial charge in [-0.1, -0.05) is 54.7 Å². The summed E-state index contributed by atoms with van der Waals surface area (Å²) in [6, 6.07) is 10.0. The maximum atomic E-state index is 8.48. The molecule has 0 aliphatic heterocycles. The van der Waals surface area contributed by atoms with Crippen LogP contribution in [0, 0.1) is 5.92 Å². The molecule has 0 N–H and O–H groups in total. The Morgan fingerprint density at radius 2 is 1.95 bits per heavy atom. The lowest BCUT2D eigenvalue weighted by Crippen LogP contribution is -2.17. The summed E-state index contributed by atoms with van der Waals surface area (Å²) >= 11 is 0. The van der Waals surface area contributed by atoms with Gasteiger partial charge in [-0.2, -0.15) is 0 Å². The minimum atomic E-state index is -0.112. The molecule has 19 heavy (non-hydrogen) atoms. The van der Waals surface area contributed by atoms with E-state index in [2.05, 4.69) is 10.0 Å². The van der Waals surface area contributed by atoms with Gasteiger partial charge in [-0.25, -0.2) is 0 Å². The van der Waals surface area contributed by atoms with E-state index in [1.807, 2.05) is 30.3 Å². The average Bonchev–Trinajstić information content (AvgIpc) is 2.49. The number of ether oxygens (including phenoxy) is 1. The van der Waals surface area contributed by atoms with E-state index in [-0.39, 0.29) is 6.10 Å². The summed E-state index contributed by atoms with van der Waals surface area (Å²) in [5.74, 6) is 0.672. The zero-order chi connectivity index (χ0) is 13.3. The average molecular weight is 259 g/mol. The zero-order valence-electron chi connectivity index (χ0n) is 11.2. The standard InChI is InChI=1S/C15H21N3O/c16-18-17-11-15(14-9-5-2-6-10-14)19-12-13-7-3-1-4-8-13/h2,5-6,9-10,13,15H,1,3-4,7-8,11-12H2/t15-/m1/s1. The molecule has 0 heterocycles. The van der Waals surface area contributed by atoms with E-state index < -0.39 is 0 Å². The summed E-state index contributed by atoms with van der Waals surface area (Å²) in [7, 11) is 0. The molecule has 4 nitrogen and oxygen atoms in total. The fourth-order valence-electron chi connectivity index (χ4n) is 2.64. The molecule has 4 heteroatoms. The zero-order valence-corrected chi connectivity index (χ0v) is 11.2. The third kappa shape index (κ3) is 4.58. The predicted molar refractivity (Wildman–Crippen MR) is 75.7 cm³/mol. The monoisotopic (exact) mass is 259 g/mol. The first-order valence-electron chi connectivity index (χ1n) is 7.07. The lowest BCUT2D eigenvalue weighted by atomic mass is 9.90. The van der Waals surface area contributed by atoms with Crippen molar-refractivity contribution in [2.75, 3.05) is 13.2 Å². The van der Waals surface area contributed by atoms with Crippen molar-refractivity contribution in [3.63, 3.8) is 0 Å². The van der Waals surface area contributed by atoms with Gasteiger partial charge in [0.05, 0.1) is 19.3 Å². The lowest BCUT2D eigenvalue weighted by Gasteiger charge is -2.24. The molecule has 1 aliphatic rings. The Kier molecular flexibility index (Phi) is 5.73. The Bertz CT molecular complexity index is 409. The highest BCUT2D eigenvalue weighted by Crippen LogP contribution is 2.26. The molecule has 2 rings (SSSR count). The first-order valence-corrected chi connectivity index (χ1v) is 7.07. The second-order valence-electron chi connectivity index (χ2n) is 5.15. The number of hydrogen-bond donors (Lipinski definition) is 0. The van der Waals surface area contributed by atoms with Crippen LogP contribution < -0.4 is 0 Å². The molecule has 0 unspecified atom stereocenters. The van der Waals surface area contributed by atoms with Crippen molar-refractivity contribution in [1.82, 2.24) is 0 Å². The van der Waals surface area contributed by atoms with Gasteiger partial charge in [0, 0.05) is 4.91 Å². The molecule has 0 spiro atoms. The molecular formula is C15H21N3O. The summed E-state index contributed by atoms with van der Waals surface area (Å²) in [5.41, 5.74) is 9.57. The highest BCUT2D eigenvalue weighted by molar-refractivity contribution is 5.17. The smallest absolute Gasteiger partial charge is 0.0881 e. The van der Waals surface area contributed by atoms with Gasteiger partial charge < -0.3 is 4.74 Å². The van der Waals surface area contributed by atoms with Crippen LogP contribution in [0.1, 0.15) is 43.8 Å². The molecule has 102 valence electrons. The number of rotatable bonds is 6. The lowest BCUT2D eigenvalue weighted by molar-refractivity contribution is 0.0247. The Labute approximate surface area is 114 Å². The van der Waals surface area contributed by atoms with Gasteiger partial charge in [0.2, 0.25) is 0 Å². The summed E-state index contributed by atoms with van der Waals surface area (Å²) in [6.07, 6.45) is 6.42. The highest BCUT2D eigenvalue weighted by Gasteiger charge is 2.17. The van der Waals surface area contributed by atoms with Gasteiger partial charge in [0.1, 0.15) is 0 Å². The van der Waals surface area contributed by atoms with Crippen molar-refractivity contribution < 1.29 is 4.74 Å². The summed E-state index contributed by atoms with van der Waals surface area (Å²) in [5, 5.41) is 3.67. The molecule has 0 amide bonds. The first-order chi connectivity index (χ1) is 9.40. The minimum Gasteiger partial charge on any atom is -0.373 e. The molecule has 1 saturated carbocycles. The van der Waals surface area contributed by atoms with Crippen LogP contribution in [-0.2, 0) is 4.74 Å². The molecule has 0 radical (unpaired) electrons. The van der Waals surface area contributed by atoms with Crippen molar-refractivity contribution in [1.29, 1.82) is 0 Å². The van der Waals surface area contributed by atoms with Crippen LogP contribution in [0.2, 0.25) is 0 Å². The molecule has 1 fully saturated rings. The Balaban J connectivity index is 1.91. The topological polar surface area (TPSA) is 58.0 Å². The molecular weight excluding hydrogens is 238 g/mol. The van der Waals surface area contributed by atoms with E-state index in [1.165, 1.54) is 32.1 Å². The Morgan fingerprint density at radius 3 is 2.63 bits per heavy atom. The van der Waals surface area contributed by atoms with E-state index in [0.29, 0.717) is 12.5 Å². The predicted octanol–water partition coefficient (Wildman–Crippen LogP) is 4.63. The van der Waals surface area contributed by atoms with Gasteiger partial charge in [0.15, 0.2) is 0 Å². The van der Waals surface area contributed by atoms with Gasteiger partial charge in [-0.3, -0.25) is 0 Å². The van der Waals surface area contributed by atoms with E-state index in [9.17, 15) is 0 Å².